The topological polar surface area (TPSA) is 83.6 Å². The van der Waals surface area contributed by atoms with E-state index in [1.807, 2.05) is 28.8 Å². The van der Waals surface area contributed by atoms with Gasteiger partial charge in [0.1, 0.15) is 11.5 Å². The molecule has 146 valence electrons. The Morgan fingerprint density at radius 3 is 2.21 bits per heavy atom. The number of hydrogen-bond acceptors (Lipinski definition) is 5. The van der Waals surface area contributed by atoms with Crippen LogP contribution >= 0.6 is 0 Å². The maximum atomic E-state index is 13.0. The van der Waals surface area contributed by atoms with E-state index in [2.05, 4.69) is 0 Å². The van der Waals surface area contributed by atoms with Crippen LogP contribution in [0.4, 0.5) is 5.69 Å². The first-order chi connectivity index (χ1) is 14.0. The molecule has 0 saturated heterocycles. The van der Waals surface area contributed by atoms with Gasteiger partial charge in [0.15, 0.2) is 5.43 Å². The second-order valence-corrected chi connectivity index (χ2v) is 6.61. The highest BCUT2D eigenvalue weighted by molar-refractivity contribution is 5.94. The lowest BCUT2D eigenvalue weighted by atomic mass is 10.1. The number of nitro groups is 1. The van der Waals surface area contributed by atoms with Crippen LogP contribution in [0.3, 0.4) is 0 Å². The van der Waals surface area contributed by atoms with E-state index in [1.54, 1.807) is 38.5 Å². The molecule has 0 bridgehead atoms. The summed E-state index contributed by atoms with van der Waals surface area (Å²) in [7, 11) is 3.17. The molecule has 7 heteroatoms. The fourth-order valence-corrected chi connectivity index (χ4v) is 3.54. The molecule has 0 unspecified atom stereocenters. The molecule has 1 aromatic heterocycles. The number of ether oxygens (including phenoxy) is 2. The Balaban J connectivity index is 2.01. The van der Waals surface area contributed by atoms with E-state index in [0.29, 0.717) is 34.3 Å². The fourth-order valence-electron chi connectivity index (χ4n) is 3.54. The van der Waals surface area contributed by atoms with Gasteiger partial charge in [0.25, 0.3) is 5.69 Å². The van der Waals surface area contributed by atoms with Crippen LogP contribution in [0, 0.1) is 10.1 Å². The third-order valence-electron chi connectivity index (χ3n) is 4.92. The lowest BCUT2D eigenvalue weighted by Gasteiger charge is -2.16. The summed E-state index contributed by atoms with van der Waals surface area (Å²) < 4.78 is 12.7. The monoisotopic (exact) mass is 390 g/mol. The minimum Gasteiger partial charge on any atom is -0.497 e. The normalized spacial score (nSPS) is 11.0. The zero-order valence-electron chi connectivity index (χ0n) is 15.9. The minimum atomic E-state index is -0.495. The van der Waals surface area contributed by atoms with Gasteiger partial charge in [0, 0.05) is 30.1 Å². The zero-order chi connectivity index (χ0) is 20.5. The van der Waals surface area contributed by atoms with Crippen molar-refractivity contribution >= 4 is 27.5 Å². The number of nitrogens with zero attached hydrogens (tertiary/aromatic N) is 2. The number of nitro benzene ring substituents is 1. The smallest absolute Gasteiger partial charge is 0.270 e. The highest BCUT2D eigenvalue weighted by atomic mass is 16.6. The van der Waals surface area contributed by atoms with Crippen LogP contribution in [-0.4, -0.2) is 23.7 Å². The van der Waals surface area contributed by atoms with Gasteiger partial charge in [-0.05, 0) is 35.9 Å². The standard InChI is InChI=1S/C22H18N2O5/c1-28-16-9-14(10-17(12-16)29-2)13-23-20-6-4-3-5-18(20)22(25)19-11-15(24(26)27)7-8-21(19)23/h3-12H,13H2,1-2H3. The molecule has 0 aliphatic heterocycles. The number of methoxy groups -OCH3 is 2. The highest BCUT2D eigenvalue weighted by Gasteiger charge is 2.15. The first kappa shape index (κ1) is 18.5. The molecule has 4 aromatic rings. The lowest BCUT2D eigenvalue weighted by molar-refractivity contribution is -0.384. The molecule has 3 aromatic carbocycles. The molecule has 0 atom stereocenters. The summed E-state index contributed by atoms with van der Waals surface area (Å²) in [6.07, 6.45) is 0. The van der Waals surface area contributed by atoms with Crippen LogP contribution in [0.25, 0.3) is 21.8 Å². The SMILES string of the molecule is COc1cc(Cn2c3ccccc3c(=O)c3cc([N+](=O)[O-])ccc32)cc(OC)c1. The molecule has 0 aliphatic carbocycles. The van der Waals surface area contributed by atoms with Crippen molar-refractivity contribution in [2.45, 2.75) is 6.54 Å². The van der Waals surface area contributed by atoms with Crippen LogP contribution in [-0.2, 0) is 6.54 Å². The molecule has 0 amide bonds. The number of rotatable bonds is 5. The summed E-state index contributed by atoms with van der Waals surface area (Å²) in [5.41, 5.74) is 1.95. The maximum absolute atomic E-state index is 13.0. The number of hydrogen-bond donors (Lipinski definition) is 0. The molecule has 7 nitrogen and oxygen atoms in total. The van der Waals surface area contributed by atoms with Crippen molar-refractivity contribution in [3.05, 3.63) is 86.6 Å². The van der Waals surface area contributed by atoms with Crippen LogP contribution in [0.5, 0.6) is 11.5 Å². The van der Waals surface area contributed by atoms with Gasteiger partial charge in [-0.15, -0.1) is 0 Å². The number of pyridine rings is 1. The van der Waals surface area contributed by atoms with Gasteiger partial charge in [-0.2, -0.15) is 0 Å². The summed E-state index contributed by atoms with van der Waals surface area (Å²) >= 11 is 0. The van der Waals surface area contributed by atoms with Crippen LogP contribution < -0.4 is 14.9 Å². The number of fused-ring (bicyclic) bond motifs is 2. The molecular formula is C22H18N2O5. The van der Waals surface area contributed by atoms with Crippen molar-refractivity contribution in [3.63, 3.8) is 0 Å². The van der Waals surface area contributed by atoms with Crippen molar-refractivity contribution in [3.8, 4) is 11.5 Å². The van der Waals surface area contributed by atoms with Crippen molar-refractivity contribution < 1.29 is 14.4 Å². The molecular weight excluding hydrogens is 372 g/mol. The Kier molecular flexibility index (Phi) is 4.64. The number of para-hydroxylation sites is 1. The van der Waals surface area contributed by atoms with Gasteiger partial charge in [-0.25, -0.2) is 0 Å². The average Bonchev–Trinajstić information content (AvgIpc) is 2.75. The van der Waals surface area contributed by atoms with Gasteiger partial charge < -0.3 is 14.0 Å². The lowest BCUT2D eigenvalue weighted by Crippen LogP contribution is -2.12. The van der Waals surface area contributed by atoms with E-state index in [-0.39, 0.29) is 11.1 Å². The Labute approximate surface area is 165 Å². The molecule has 0 fully saturated rings. The molecule has 0 spiro atoms. The van der Waals surface area contributed by atoms with E-state index in [4.69, 9.17) is 9.47 Å². The van der Waals surface area contributed by atoms with Gasteiger partial charge in [0.2, 0.25) is 0 Å². The number of aromatic nitrogens is 1. The van der Waals surface area contributed by atoms with Crippen LogP contribution in [0.2, 0.25) is 0 Å². The highest BCUT2D eigenvalue weighted by Crippen LogP contribution is 2.27. The Morgan fingerprint density at radius 1 is 0.897 bits per heavy atom. The molecule has 0 N–H and O–H groups in total. The van der Waals surface area contributed by atoms with Gasteiger partial charge >= 0.3 is 0 Å². The van der Waals surface area contributed by atoms with E-state index >= 15 is 0 Å². The average molecular weight is 390 g/mol. The number of non-ortho nitro benzene ring substituents is 1. The summed E-state index contributed by atoms with van der Waals surface area (Å²) in [6, 6.07) is 17.2. The Morgan fingerprint density at radius 2 is 1.55 bits per heavy atom. The minimum absolute atomic E-state index is 0.112. The van der Waals surface area contributed by atoms with Crippen LogP contribution in [0.1, 0.15) is 5.56 Å². The van der Waals surface area contributed by atoms with E-state index in [0.717, 1.165) is 11.1 Å². The molecule has 0 saturated carbocycles. The Bertz CT molecular complexity index is 1290. The summed E-state index contributed by atoms with van der Waals surface area (Å²) in [6.45, 7) is 0.433. The largest absolute Gasteiger partial charge is 0.497 e. The Hall–Kier alpha value is -3.87. The zero-order valence-corrected chi connectivity index (χ0v) is 15.9. The molecule has 1 heterocycles. The van der Waals surface area contributed by atoms with E-state index in [9.17, 15) is 14.9 Å². The quantitative estimate of drug-likeness (QED) is 0.291. The predicted molar refractivity (Wildman–Crippen MR) is 111 cm³/mol. The summed E-state index contributed by atoms with van der Waals surface area (Å²) in [4.78, 5) is 23.7. The van der Waals surface area contributed by atoms with Gasteiger partial charge in [0.05, 0.1) is 35.6 Å². The van der Waals surface area contributed by atoms with Crippen LogP contribution in [0.15, 0.2) is 65.5 Å². The number of benzene rings is 3. The fraction of sp³-hybridized carbons (Fsp3) is 0.136. The third-order valence-corrected chi connectivity index (χ3v) is 4.92. The summed E-state index contributed by atoms with van der Waals surface area (Å²) in [5, 5.41) is 12.0. The van der Waals surface area contributed by atoms with Crippen molar-refractivity contribution in [2.75, 3.05) is 14.2 Å². The second-order valence-electron chi connectivity index (χ2n) is 6.61. The summed E-state index contributed by atoms with van der Waals surface area (Å²) in [5.74, 6) is 1.31. The first-order valence-corrected chi connectivity index (χ1v) is 8.93. The second kappa shape index (κ2) is 7.27. The predicted octanol–water partition coefficient (Wildman–Crippen LogP) is 4.13. The maximum Gasteiger partial charge on any atom is 0.270 e. The van der Waals surface area contributed by atoms with E-state index in [1.165, 1.54) is 12.1 Å². The van der Waals surface area contributed by atoms with Gasteiger partial charge in [-0.1, -0.05) is 12.1 Å². The molecule has 0 aliphatic rings. The van der Waals surface area contributed by atoms with Crippen molar-refractivity contribution in [2.24, 2.45) is 0 Å². The molecule has 29 heavy (non-hydrogen) atoms. The van der Waals surface area contributed by atoms with Crippen molar-refractivity contribution in [1.29, 1.82) is 0 Å². The van der Waals surface area contributed by atoms with E-state index < -0.39 is 4.92 Å². The first-order valence-electron chi connectivity index (χ1n) is 8.93. The van der Waals surface area contributed by atoms with Crippen molar-refractivity contribution in [1.82, 2.24) is 4.57 Å². The molecule has 0 radical (unpaired) electrons. The van der Waals surface area contributed by atoms with Gasteiger partial charge in [-0.3, -0.25) is 14.9 Å². The third kappa shape index (κ3) is 3.27. The molecule has 4 rings (SSSR count).